The van der Waals surface area contributed by atoms with Gasteiger partial charge in [0.05, 0.1) is 0 Å². The molecule has 0 aliphatic heterocycles. The zero-order chi connectivity index (χ0) is 16.7. The normalized spacial score (nSPS) is 10.2. The van der Waals surface area contributed by atoms with E-state index in [-0.39, 0.29) is 17.4 Å². The van der Waals surface area contributed by atoms with Crippen LogP contribution in [0.15, 0.2) is 36.7 Å². The first kappa shape index (κ1) is 16.6. The monoisotopic (exact) mass is 312 g/mol. The first-order valence-corrected chi connectivity index (χ1v) is 7.58. The molecule has 0 unspecified atom stereocenters. The van der Waals surface area contributed by atoms with E-state index in [0.717, 1.165) is 19.4 Å². The smallest absolute Gasteiger partial charge is 0.274 e. The molecule has 23 heavy (non-hydrogen) atoms. The second kappa shape index (κ2) is 8.03. The standard InChI is InChI=1S/C17H20N4O2/c1-3-4-8-18-16-10-15(19-11-20-16)17(23)21-14-7-5-6-13(9-14)12(2)22/h5-7,9-11H,3-4,8H2,1-2H3,(H,21,23)(H,18,19,20). The van der Waals surface area contributed by atoms with E-state index in [1.165, 1.54) is 13.3 Å². The van der Waals surface area contributed by atoms with E-state index in [2.05, 4.69) is 27.5 Å². The van der Waals surface area contributed by atoms with Crippen LogP contribution in [0, 0.1) is 0 Å². The number of anilines is 2. The minimum Gasteiger partial charge on any atom is -0.370 e. The molecule has 0 bridgehead atoms. The number of aromatic nitrogens is 2. The number of rotatable bonds is 7. The molecule has 0 fully saturated rings. The molecular weight excluding hydrogens is 292 g/mol. The van der Waals surface area contributed by atoms with Crippen LogP contribution in [-0.2, 0) is 0 Å². The second-order valence-electron chi connectivity index (χ2n) is 5.16. The lowest BCUT2D eigenvalue weighted by Crippen LogP contribution is -2.15. The van der Waals surface area contributed by atoms with Gasteiger partial charge in [0, 0.05) is 23.9 Å². The van der Waals surface area contributed by atoms with Gasteiger partial charge in [-0.3, -0.25) is 9.59 Å². The number of nitrogens with one attached hydrogen (secondary N) is 2. The number of hydrogen-bond acceptors (Lipinski definition) is 5. The molecule has 1 heterocycles. The predicted molar refractivity (Wildman–Crippen MR) is 89.8 cm³/mol. The van der Waals surface area contributed by atoms with Gasteiger partial charge in [0.15, 0.2) is 5.78 Å². The van der Waals surface area contributed by atoms with Crippen LogP contribution in [-0.4, -0.2) is 28.2 Å². The minimum absolute atomic E-state index is 0.0504. The highest BCUT2D eigenvalue weighted by Crippen LogP contribution is 2.13. The molecule has 2 rings (SSSR count). The van der Waals surface area contributed by atoms with Gasteiger partial charge in [-0.15, -0.1) is 0 Å². The van der Waals surface area contributed by atoms with Gasteiger partial charge in [0.25, 0.3) is 5.91 Å². The maximum atomic E-state index is 12.3. The quantitative estimate of drug-likeness (QED) is 0.606. The number of amides is 1. The molecular formula is C17H20N4O2. The summed E-state index contributed by atoms with van der Waals surface area (Å²) in [5.74, 6) is 0.230. The van der Waals surface area contributed by atoms with E-state index in [1.807, 2.05) is 0 Å². The number of unbranched alkanes of at least 4 members (excludes halogenated alkanes) is 1. The molecule has 6 nitrogen and oxygen atoms in total. The number of nitrogens with zero attached hydrogens (tertiary/aromatic N) is 2. The van der Waals surface area contributed by atoms with Gasteiger partial charge in [-0.1, -0.05) is 25.5 Å². The highest BCUT2D eigenvalue weighted by molar-refractivity contribution is 6.04. The van der Waals surface area contributed by atoms with E-state index in [4.69, 9.17) is 0 Å². The van der Waals surface area contributed by atoms with E-state index in [1.54, 1.807) is 30.3 Å². The SMILES string of the molecule is CCCCNc1cc(C(=O)Nc2cccc(C(C)=O)c2)ncn1. The average Bonchev–Trinajstić information content (AvgIpc) is 2.55. The number of carbonyl (C=O) groups excluding carboxylic acids is 2. The molecule has 0 atom stereocenters. The molecule has 2 N–H and O–H groups in total. The summed E-state index contributed by atoms with van der Waals surface area (Å²) in [6, 6.07) is 8.41. The van der Waals surface area contributed by atoms with Crippen molar-refractivity contribution in [3.05, 3.63) is 47.9 Å². The number of Topliss-reactive ketones (excluding diaryl/α,β-unsaturated/α-hetero) is 1. The summed E-state index contributed by atoms with van der Waals surface area (Å²) in [6.45, 7) is 4.39. The molecule has 120 valence electrons. The third-order valence-corrected chi connectivity index (χ3v) is 3.26. The van der Waals surface area contributed by atoms with Crippen LogP contribution in [0.4, 0.5) is 11.5 Å². The molecule has 0 spiro atoms. The van der Waals surface area contributed by atoms with Crippen LogP contribution in [0.1, 0.15) is 47.5 Å². The summed E-state index contributed by atoms with van der Waals surface area (Å²) in [4.78, 5) is 31.7. The van der Waals surface area contributed by atoms with Crippen molar-refractivity contribution in [2.45, 2.75) is 26.7 Å². The Bertz CT molecular complexity index is 700. The fraction of sp³-hybridized carbons (Fsp3) is 0.294. The van der Waals surface area contributed by atoms with Crippen molar-refractivity contribution in [2.75, 3.05) is 17.2 Å². The molecule has 0 saturated heterocycles. The highest BCUT2D eigenvalue weighted by atomic mass is 16.2. The molecule has 1 amide bonds. The van der Waals surface area contributed by atoms with Gasteiger partial charge >= 0.3 is 0 Å². The third-order valence-electron chi connectivity index (χ3n) is 3.26. The fourth-order valence-corrected chi connectivity index (χ4v) is 1.98. The Kier molecular flexibility index (Phi) is 5.80. The Morgan fingerprint density at radius 1 is 1.17 bits per heavy atom. The molecule has 0 radical (unpaired) electrons. The molecule has 0 saturated carbocycles. The Morgan fingerprint density at radius 2 is 2.00 bits per heavy atom. The van der Waals surface area contributed by atoms with Gasteiger partial charge in [0.1, 0.15) is 17.8 Å². The van der Waals surface area contributed by atoms with Crippen molar-refractivity contribution >= 4 is 23.2 Å². The lowest BCUT2D eigenvalue weighted by molar-refractivity contribution is 0.100. The molecule has 6 heteroatoms. The van der Waals surface area contributed by atoms with E-state index >= 15 is 0 Å². The van der Waals surface area contributed by atoms with Crippen LogP contribution in [0.3, 0.4) is 0 Å². The Hall–Kier alpha value is -2.76. The number of benzene rings is 1. The summed E-state index contributed by atoms with van der Waals surface area (Å²) < 4.78 is 0. The third kappa shape index (κ3) is 4.88. The van der Waals surface area contributed by atoms with E-state index in [0.29, 0.717) is 17.1 Å². The first-order chi connectivity index (χ1) is 11.1. The zero-order valence-corrected chi connectivity index (χ0v) is 13.3. The van der Waals surface area contributed by atoms with Crippen molar-refractivity contribution in [1.82, 2.24) is 9.97 Å². The van der Waals surface area contributed by atoms with Crippen molar-refractivity contribution in [3.63, 3.8) is 0 Å². The van der Waals surface area contributed by atoms with E-state index in [9.17, 15) is 9.59 Å². The maximum Gasteiger partial charge on any atom is 0.274 e. The summed E-state index contributed by atoms with van der Waals surface area (Å²) in [5.41, 5.74) is 1.38. The van der Waals surface area contributed by atoms with Crippen LogP contribution in [0.2, 0.25) is 0 Å². The molecule has 0 aliphatic carbocycles. The zero-order valence-electron chi connectivity index (χ0n) is 13.3. The van der Waals surface area contributed by atoms with Crippen LogP contribution >= 0.6 is 0 Å². The van der Waals surface area contributed by atoms with Crippen LogP contribution in [0.5, 0.6) is 0 Å². The number of ketones is 1. The second-order valence-corrected chi connectivity index (χ2v) is 5.16. The summed E-state index contributed by atoms with van der Waals surface area (Å²) in [6.07, 6.45) is 3.47. The largest absolute Gasteiger partial charge is 0.370 e. The summed E-state index contributed by atoms with van der Waals surface area (Å²) in [7, 11) is 0. The maximum absolute atomic E-state index is 12.3. The number of hydrogen-bond donors (Lipinski definition) is 2. The molecule has 2 aromatic rings. The summed E-state index contributed by atoms with van der Waals surface area (Å²) >= 11 is 0. The van der Waals surface area contributed by atoms with Gasteiger partial charge in [-0.25, -0.2) is 9.97 Å². The van der Waals surface area contributed by atoms with Gasteiger partial charge < -0.3 is 10.6 Å². The topological polar surface area (TPSA) is 84.0 Å². The fourth-order valence-electron chi connectivity index (χ4n) is 1.98. The molecule has 1 aromatic carbocycles. The lowest BCUT2D eigenvalue weighted by Gasteiger charge is -2.08. The van der Waals surface area contributed by atoms with Crippen molar-refractivity contribution in [1.29, 1.82) is 0 Å². The van der Waals surface area contributed by atoms with Crippen LogP contribution < -0.4 is 10.6 Å². The highest BCUT2D eigenvalue weighted by Gasteiger charge is 2.10. The van der Waals surface area contributed by atoms with Gasteiger partial charge in [-0.05, 0) is 25.5 Å². The van der Waals surface area contributed by atoms with Gasteiger partial charge in [-0.2, -0.15) is 0 Å². The number of carbonyl (C=O) groups is 2. The van der Waals surface area contributed by atoms with Crippen molar-refractivity contribution in [2.24, 2.45) is 0 Å². The van der Waals surface area contributed by atoms with Crippen molar-refractivity contribution in [3.8, 4) is 0 Å². The Labute approximate surface area is 135 Å². The lowest BCUT2D eigenvalue weighted by atomic mass is 10.1. The first-order valence-electron chi connectivity index (χ1n) is 7.58. The predicted octanol–water partition coefficient (Wildman–Crippen LogP) is 3.14. The van der Waals surface area contributed by atoms with E-state index < -0.39 is 0 Å². The molecule has 1 aromatic heterocycles. The van der Waals surface area contributed by atoms with Crippen molar-refractivity contribution < 1.29 is 9.59 Å². The Morgan fingerprint density at radius 3 is 2.74 bits per heavy atom. The molecule has 0 aliphatic rings. The van der Waals surface area contributed by atoms with Gasteiger partial charge in [0.2, 0.25) is 0 Å². The summed E-state index contributed by atoms with van der Waals surface area (Å²) in [5, 5.41) is 5.89. The Balaban J connectivity index is 2.07. The minimum atomic E-state index is -0.341. The van der Waals surface area contributed by atoms with Crippen LogP contribution in [0.25, 0.3) is 0 Å². The average molecular weight is 312 g/mol.